The van der Waals surface area contributed by atoms with Gasteiger partial charge >= 0.3 is 5.97 Å². The largest absolute Gasteiger partial charge is 0.481 e. The van der Waals surface area contributed by atoms with E-state index in [1.54, 1.807) is 12.1 Å². The van der Waals surface area contributed by atoms with Crippen LogP contribution in [0.5, 0.6) is 0 Å². The first-order valence-electron chi connectivity index (χ1n) is 7.53. The minimum Gasteiger partial charge on any atom is -0.481 e. The average molecular weight is 322 g/mol. The highest BCUT2D eigenvalue weighted by atomic mass is 19.1. The van der Waals surface area contributed by atoms with Gasteiger partial charge in [0.15, 0.2) is 0 Å². The normalized spacial score (nSPS) is 17.3. The van der Waals surface area contributed by atoms with Crippen molar-refractivity contribution < 1.29 is 23.9 Å². The molecule has 23 heavy (non-hydrogen) atoms. The van der Waals surface area contributed by atoms with Gasteiger partial charge < -0.3 is 15.3 Å². The number of unbranched alkanes of at least 4 members (excludes halogenated alkanes) is 1. The Bertz CT molecular complexity index is 605. The molecule has 0 saturated carbocycles. The van der Waals surface area contributed by atoms with E-state index in [0.29, 0.717) is 19.4 Å². The Kier molecular flexibility index (Phi) is 5.67. The van der Waals surface area contributed by atoms with E-state index in [2.05, 4.69) is 5.32 Å². The third-order valence-electron chi connectivity index (χ3n) is 3.76. The number of nitrogens with one attached hydrogen (secondary N) is 1. The molecule has 2 amide bonds. The lowest BCUT2D eigenvalue weighted by molar-refractivity contribution is -0.137. The van der Waals surface area contributed by atoms with E-state index in [1.165, 1.54) is 17.0 Å². The molecule has 7 heteroatoms. The van der Waals surface area contributed by atoms with Gasteiger partial charge in [0, 0.05) is 25.9 Å². The van der Waals surface area contributed by atoms with Gasteiger partial charge in [0.25, 0.3) is 0 Å². The quantitative estimate of drug-likeness (QED) is 0.746. The van der Waals surface area contributed by atoms with Crippen molar-refractivity contribution in [1.29, 1.82) is 0 Å². The number of benzene rings is 1. The number of carboxylic acid groups (broad SMARTS) is 1. The van der Waals surface area contributed by atoms with E-state index >= 15 is 0 Å². The van der Waals surface area contributed by atoms with Crippen LogP contribution in [0, 0.1) is 11.7 Å². The molecule has 2 rings (SSSR count). The predicted octanol–water partition coefficient (Wildman–Crippen LogP) is 1.55. The summed E-state index contributed by atoms with van der Waals surface area (Å²) in [6.07, 6.45) is 1.17. The molecule has 1 aliphatic rings. The highest BCUT2D eigenvalue weighted by Gasteiger charge is 2.35. The number of hydrogen-bond acceptors (Lipinski definition) is 3. The second kappa shape index (κ2) is 7.71. The Balaban J connectivity index is 1.84. The van der Waals surface area contributed by atoms with Crippen molar-refractivity contribution in [3.8, 4) is 0 Å². The minimum atomic E-state index is -0.863. The van der Waals surface area contributed by atoms with Crippen molar-refractivity contribution in [1.82, 2.24) is 5.32 Å². The molecule has 1 unspecified atom stereocenters. The average Bonchev–Trinajstić information content (AvgIpc) is 2.89. The van der Waals surface area contributed by atoms with Crippen LogP contribution < -0.4 is 10.2 Å². The van der Waals surface area contributed by atoms with Crippen LogP contribution in [0.1, 0.15) is 25.7 Å². The number of amides is 2. The first-order valence-corrected chi connectivity index (χ1v) is 7.53. The molecule has 1 aliphatic heterocycles. The maximum absolute atomic E-state index is 13.8. The fraction of sp³-hybridized carbons (Fsp3) is 0.438. The number of halogens is 1. The minimum absolute atomic E-state index is 0.0509. The van der Waals surface area contributed by atoms with Crippen molar-refractivity contribution in [2.24, 2.45) is 5.92 Å². The highest BCUT2D eigenvalue weighted by Crippen LogP contribution is 2.27. The van der Waals surface area contributed by atoms with Crippen LogP contribution in [-0.2, 0) is 14.4 Å². The second-order valence-corrected chi connectivity index (χ2v) is 5.50. The van der Waals surface area contributed by atoms with Crippen molar-refractivity contribution in [2.75, 3.05) is 18.0 Å². The van der Waals surface area contributed by atoms with E-state index < -0.39 is 17.7 Å². The zero-order valence-electron chi connectivity index (χ0n) is 12.6. The van der Waals surface area contributed by atoms with Gasteiger partial charge in [0.1, 0.15) is 5.82 Å². The van der Waals surface area contributed by atoms with Gasteiger partial charge in [-0.15, -0.1) is 0 Å². The zero-order valence-corrected chi connectivity index (χ0v) is 12.6. The molecular formula is C16H19FN2O4. The van der Waals surface area contributed by atoms with Crippen LogP contribution in [0.3, 0.4) is 0 Å². The van der Waals surface area contributed by atoms with Crippen LogP contribution in [0.25, 0.3) is 0 Å². The maximum atomic E-state index is 13.8. The summed E-state index contributed by atoms with van der Waals surface area (Å²) in [5, 5.41) is 11.2. The number of carboxylic acids is 1. The number of anilines is 1. The SMILES string of the molecule is O=C(O)CCCCNC(=O)C1CC(=O)N(c2ccccc2F)C1. The van der Waals surface area contributed by atoms with E-state index in [4.69, 9.17) is 5.11 Å². The first-order chi connectivity index (χ1) is 11.0. The fourth-order valence-electron chi connectivity index (χ4n) is 2.54. The molecule has 1 atom stereocenters. The number of carbonyl (C=O) groups excluding carboxylic acids is 2. The third kappa shape index (κ3) is 4.51. The molecule has 0 radical (unpaired) electrons. The van der Waals surface area contributed by atoms with E-state index in [9.17, 15) is 18.8 Å². The summed E-state index contributed by atoms with van der Waals surface area (Å²) in [6.45, 7) is 0.525. The van der Waals surface area contributed by atoms with E-state index in [-0.39, 0.29) is 36.9 Å². The molecular weight excluding hydrogens is 303 g/mol. The van der Waals surface area contributed by atoms with Crippen LogP contribution in [0.15, 0.2) is 24.3 Å². The standard InChI is InChI=1S/C16H19FN2O4/c17-12-5-1-2-6-13(12)19-10-11(9-14(19)20)16(23)18-8-4-3-7-15(21)22/h1-2,5-6,11H,3-4,7-10H2,(H,18,23)(H,21,22). The van der Waals surface area contributed by atoms with Gasteiger partial charge in [0.05, 0.1) is 11.6 Å². The van der Waals surface area contributed by atoms with Crippen LogP contribution in [-0.4, -0.2) is 36.0 Å². The van der Waals surface area contributed by atoms with Crippen molar-refractivity contribution >= 4 is 23.5 Å². The van der Waals surface area contributed by atoms with Gasteiger partial charge in [0.2, 0.25) is 11.8 Å². The molecule has 0 spiro atoms. The fourth-order valence-corrected chi connectivity index (χ4v) is 2.54. The summed E-state index contributed by atoms with van der Waals surface area (Å²) in [5.74, 6) is -2.40. The summed E-state index contributed by atoms with van der Waals surface area (Å²) in [7, 11) is 0. The Hall–Kier alpha value is -2.44. The molecule has 1 aromatic rings. The highest BCUT2D eigenvalue weighted by molar-refractivity contribution is 6.00. The molecule has 2 N–H and O–H groups in total. The lowest BCUT2D eigenvalue weighted by Gasteiger charge is -2.17. The summed E-state index contributed by atoms with van der Waals surface area (Å²) >= 11 is 0. The Morgan fingerprint density at radius 2 is 2.04 bits per heavy atom. The second-order valence-electron chi connectivity index (χ2n) is 5.50. The molecule has 124 valence electrons. The number of para-hydroxylation sites is 1. The number of nitrogens with zero attached hydrogens (tertiary/aromatic N) is 1. The van der Waals surface area contributed by atoms with Crippen molar-refractivity contribution in [2.45, 2.75) is 25.7 Å². The Labute approximate surface area is 133 Å². The zero-order chi connectivity index (χ0) is 16.8. The number of hydrogen-bond donors (Lipinski definition) is 2. The van der Waals surface area contributed by atoms with Gasteiger partial charge in [-0.3, -0.25) is 14.4 Å². The predicted molar refractivity (Wildman–Crippen MR) is 81.4 cm³/mol. The molecule has 1 aromatic carbocycles. The smallest absolute Gasteiger partial charge is 0.303 e. The Morgan fingerprint density at radius 3 is 2.74 bits per heavy atom. The number of rotatable bonds is 7. The monoisotopic (exact) mass is 322 g/mol. The van der Waals surface area contributed by atoms with E-state index in [0.717, 1.165) is 0 Å². The number of aliphatic carboxylic acids is 1. The van der Waals surface area contributed by atoms with Crippen LogP contribution in [0.4, 0.5) is 10.1 Å². The van der Waals surface area contributed by atoms with Gasteiger partial charge in [-0.25, -0.2) is 4.39 Å². The van der Waals surface area contributed by atoms with E-state index in [1.807, 2.05) is 0 Å². The van der Waals surface area contributed by atoms with Crippen LogP contribution >= 0.6 is 0 Å². The van der Waals surface area contributed by atoms with Crippen molar-refractivity contribution in [3.63, 3.8) is 0 Å². The molecule has 0 aromatic heterocycles. The summed E-state index contributed by atoms with van der Waals surface area (Å²) < 4.78 is 13.8. The van der Waals surface area contributed by atoms with Gasteiger partial charge in [-0.2, -0.15) is 0 Å². The van der Waals surface area contributed by atoms with Gasteiger partial charge in [-0.05, 0) is 25.0 Å². The molecule has 6 nitrogen and oxygen atoms in total. The lowest BCUT2D eigenvalue weighted by Crippen LogP contribution is -2.33. The van der Waals surface area contributed by atoms with Crippen LogP contribution in [0.2, 0.25) is 0 Å². The first kappa shape index (κ1) is 16.9. The lowest BCUT2D eigenvalue weighted by atomic mass is 10.1. The molecule has 1 saturated heterocycles. The Morgan fingerprint density at radius 1 is 1.30 bits per heavy atom. The molecule has 1 fully saturated rings. The molecule has 1 heterocycles. The van der Waals surface area contributed by atoms with Crippen molar-refractivity contribution in [3.05, 3.63) is 30.1 Å². The number of carbonyl (C=O) groups is 3. The summed E-state index contributed by atoms with van der Waals surface area (Å²) in [5.41, 5.74) is 0.189. The third-order valence-corrected chi connectivity index (χ3v) is 3.76. The van der Waals surface area contributed by atoms with Gasteiger partial charge in [-0.1, -0.05) is 12.1 Å². The summed E-state index contributed by atoms with van der Waals surface area (Å²) in [6, 6.07) is 5.97. The summed E-state index contributed by atoms with van der Waals surface area (Å²) in [4.78, 5) is 35.7. The maximum Gasteiger partial charge on any atom is 0.303 e. The topological polar surface area (TPSA) is 86.7 Å². The molecule has 0 bridgehead atoms. The molecule has 0 aliphatic carbocycles.